The van der Waals surface area contributed by atoms with E-state index in [0.717, 1.165) is 24.3 Å². The molecule has 6 nitrogen and oxygen atoms in total. The number of aromatic nitrogens is 3. The van der Waals surface area contributed by atoms with Crippen LogP contribution in [0.25, 0.3) is 0 Å². The number of nitrogens with one attached hydrogen (secondary N) is 1. The highest BCUT2D eigenvalue weighted by atomic mass is 16.5. The van der Waals surface area contributed by atoms with Crippen LogP contribution < -0.4 is 10.1 Å². The maximum Gasteiger partial charge on any atom is 0.245 e. The van der Waals surface area contributed by atoms with Crippen molar-refractivity contribution in [3.63, 3.8) is 0 Å². The highest BCUT2D eigenvalue weighted by molar-refractivity contribution is 5.80. The molecular weight excluding hydrogens is 304 g/mol. The Balaban J connectivity index is 1.87. The molecule has 0 saturated heterocycles. The van der Waals surface area contributed by atoms with E-state index < -0.39 is 6.04 Å². The molecule has 2 rings (SSSR count). The molecule has 24 heavy (non-hydrogen) atoms. The fourth-order valence-electron chi connectivity index (χ4n) is 2.22. The zero-order valence-corrected chi connectivity index (χ0v) is 14.8. The Morgan fingerprint density at radius 2 is 1.92 bits per heavy atom. The summed E-state index contributed by atoms with van der Waals surface area (Å²) in [5, 5.41) is 6.99. The average molecular weight is 330 g/mol. The van der Waals surface area contributed by atoms with Crippen LogP contribution in [0.5, 0.6) is 5.75 Å². The molecule has 2 atom stereocenters. The van der Waals surface area contributed by atoms with Crippen LogP contribution in [-0.4, -0.2) is 27.3 Å². The smallest absolute Gasteiger partial charge is 0.245 e. The van der Waals surface area contributed by atoms with Gasteiger partial charge in [0.2, 0.25) is 5.91 Å². The van der Waals surface area contributed by atoms with Gasteiger partial charge in [-0.3, -0.25) is 4.79 Å². The van der Waals surface area contributed by atoms with E-state index in [9.17, 15) is 4.79 Å². The first-order valence-electron chi connectivity index (χ1n) is 8.34. The molecule has 1 amide bonds. The molecule has 0 unspecified atom stereocenters. The molecule has 0 radical (unpaired) electrons. The zero-order valence-electron chi connectivity index (χ0n) is 14.8. The Morgan fingerprint density at radius 3 is 2.50 bits per heavy atom. The molecule has 1 heterocycles. The Hall–Kier alpha value is -2.37. The van der Waals surface area contributed by atoms with Gasteiger partial charge >= 0.3 is 0 Å². The zero-order chi connectivity index (χ0) is 17.5. The predicted molar refractivity (Wildman–Crippen MR) is 92.7 cm³/mol. The van der Waals surface area contributed by atoms with Crippen molar-refractivity contribution in [3.8, 4) is 5.75 Å². The summed E-state index contributed by atoms with van der Waals surface area (Å²) < 4.78 is 7.25. The number of ether oxygens (including phenoxy) is 1. The fraction of sp³-hybridized carbons (Fsp3) is 0.500. The van der Waals surface area contributed by atoms with Crippen molar-refractivity contribution in [2.24, 2.45) is 5.92 Å². The summed E-state index contributed by atoms with van der Waals surface area (Å²) in [6.07, 6.45) is 4.00. The summed E-state index contributed by atoms with van der Waals surface area (Å²) in [5.74, 6) is 1.39. The number of nitrogens with zero attached hydrogens (tertiary/aromatic N) is 3. The number of carbonyl (C=O) groups is 1. The third kappa shape index (κ3) is 5.08. The van der Waals surface area contributed by atoms with Gasteiger partial charge in [0.15, 0.2) is 0 Å². The molecule has 0 saturated carbocycles. The molecule has 1 N–H and O–H groups in total. The Kier molecular flexibility index (Phi) is 6.35. The largest absolute Gasteiger partial charge is 0.494 e. The van der Waals surface area contributed by atoms with Crippen LogP contribution in [0.3, 0.4) is 0 Å². The quantitative estimate of drug-likeness (QED) is 0.807. The minimum absolute atomic E-state index is 0.0896. The van der Waals surface area contributed by atoms with Crippen molar-refractivity contribution in [1.29, 1.82) is 0 Å². The van der Waals surface area contributed by atoms with Crippen LogP contribution in [0.1, 0.15) is 51.8 Å². The Labute approximate surface area is 143 Å². The highest BCUT2D eigenvalue weighted by Crippen LogP contribution is 2.19. The summed E-state index contributed by atoms with van der Waals surface area (Å²) in [5.41, 5.74) is 1.03. The van der Waals surface area contributed by atoms with E-state index >= 15 is 0 Å². The first kappa shape index (κ1) is 18.0. The molecule has 0 spiro atoms. The molecule has 0 fully saturated rings. The lowest BCUT2D eigenvalue weighted by molar-refractivity contribution is -0.124. The molecule has 6 heteroatoms. The molecule has 2 aromatic rings. The topological polar surface area (TPSA) is 69.0 Å². The van der Waals surface area contributed by atoms with Crippen LogP contribution in [0.2, 0.25) is 0 Å². The third-order valence-corrected chi connectivity index (χ3v) is 3.92. The van der Waals surface area contributed by atoms with Gasteiger partial charge in [-0.15, -0.1) is 0 Å². The van der Waals surface area contributed by atoms with Gasteiger partial charge in [0, 0.05) is 0 Å². The monoisotopic (exact) mass is 330 g/mol. The first-order chi connectivity index (χ1) is 11.5. The summed E-state index contributed by atoms with van der Waals surface area (Å²) in [7, 11) is 0. The molecule has 1 aromatic carbocycles. The maximum absolute atomic E-state index is 12.3. The van der Waals surface area contributed by atoms with E-state index in [0.29, 0.717) is 5.92 Å². The van der Waals surface area contributed by atoms with Crippen molar-refractivity contribution in [2.75, 3.05) is 6.61 Å². The first-order valence-corrected chi connectivity index (χ1v) is 8.34. The normalized spacial score (nSPS) is 13.5. The lowest BCUT2D eigenvalue weighted by Gasteiger charge is -2.18. The number of amides is 1. The number of hydrogen-bond acceptors (Lipinski definition) is 4. The van der Waals surface area contributed by atoms with Gasteiger partial charge in [-0.1, -0.05) is 26.0 Å². The minimum Gasteiger partial charge on any atom is -0.494 e. The van der Waals surface area contributed by atoms with Gasteiger partial charge in [0.1, 0.15) is 24.4 Å². The summed E-state index contributed by atoms with van der Waals surface area (Å²) in [6, 6.07) is 7.37. The molecule has 0 aliphatic rings. The van der Waals surface area contributed by atoms with Crippen molar-refractivity contribution in [3.05, 3.63) is 42.5 Å². The Morgan fingerprint density at radius 1 is 1.21 bits per heavy atom. The van der Waals surface area contributed by atoms with E-state index in [1.54, 1.807) is 6.92 Å². The van der Waals surface area contributed by atoms with E-state index in [1.807, 2.05) is 31.2 Å². The van der Waals surface area contributed by atoms with Crippen molar-refractivity contribution < 1.29 is 9.53 Å². The van der Waals surface area contributed by atoms with E-state index in [1.165, 1.54) is 17.3 Å². The van der Waals surface area contributed by atoms with Gasteiger partial charge in [-0.05, 0) is 43.9 Å². The van der Waals surface area contributed by atoms with Gasteiger partial charge in [-0.2, -0.15) is 5.10 Å². The SMILES string of the molecule is CC(C)CCOc1ccc([C@H](C)NC(=O)[C@@H](C)n2cncn2)cc1. The van der Waals surface area contributed by atoms with Gasteiger partial charge in [0.05, 0.1) is 12.6 Å². The minimum atomic E-state index is -0.395. The highest BCUT2D eigenvalue weighted by Gasteiger charge is 2.18. The van der Waals surface area contributed by atoms with Crippen molar-refractivity contribution in [1.82, 2.24) is 20.1 Å². The number of hydrogen-bond donors (Lipinski definition) is 1. The third-order valence-electron chi connectivity index (χ3n) is 3.92. The summed E-state index contributed by atoms with van der Waals surface area (Å²) in [6.45, 7) is 8.83. The molecule has 0 bridgehead atoms. The average Bonchev–Trinajstić information content (AvgIpc) is 3.08. The second-order valence-electron chi connectivity index (χ2n) is 6.38. The maximum atomic E-state index is 12.3. The van der Waals surface area contributed by atoms with E-state index in [-0.39, 0.29) is 11.9 Å². The van der Waals surface area contributed by atoms with E-state index in [4.69, 9.17) is 4.74 Å². The van der Waals surface area contributed by atoms with Crippen LogP contribution in [0, 0.1) is 5.92 Å². The number of carbonyl (C=O) groups excluding carboxylic acids is 1. The lowest BCUT2D eigenvalue weighted by atomic mass is 10.1. The van der Waals surface area contributed by atoms with E-state index in [2.05, 4.69) is 29.2 Å². The molecule has 0 aliphatic heterocycles. The molecule has 1 aromatic heterocycles. The molecular formula is C18H26N4O2. The predicted octanol–water partition coefficient (Wildman–Crippen LogP) is 3.14. The lowest BCUT2D eigenvalue weighted by Crippen LogP contribution is -2.33. The molecule has 130 valence electrons. The van der Waals surface area contributed by atoms with Crippen LogP contribution in [0.4, 0.5) is 0 Å². The number of rotatable bonds is 8. The summed E-state index contributed by atoms with van der Waals surface area (Å²) in [4.78, 5) is 16.1. The van der Waals surface area contributed by atoms with Crippen LogP contribution in [0.15, 0.2) is 36.9 Å². The Bertz CT molecular complexity index is 623. The van der Waals surface area contributed by atoms with Crippen molar-refractivity contribution >= 4 is 5.91 Å². The molecule has 0 aliphatic carbocycles. The van der Waals surface area contributed by atoms with Gasteiger partial charge < -0.3 is 10.1 Å². The van der Waals surface area contributed by atoms with Crippen LogP contribution >= 0.6 is 0 Å². The number of benzene rings is 1. The van der Waals surface area contributed by atoms with Gasteiger partial charge in [-0.25, -0.2) is 9.67 Å². The fourth-order valence-corrected chi connectivity index (χ4v) is 2.22. The van der Waals surface area contributed by atoms with Crippen molar-refractivity contribution in [2.45, 2.75) is 46.2 Å². The second kappa shape index (κ2) is 8.47. The second-order valence-corrected chi connectivity index (χ2v) is 6.38. The standard InChI is InChI=1S/C18H26N4O2/c1-13(2)9-10-24-17-7-5-16(6-8-17)14(3)21-18(23)15(4)22-12-19-11-20-22/h5-8,11-15H,9-10H2,1-4H3,(H,21,23)/t14-,15+/m0/s1. The van der Waals surface area contributed by atoms with Gasteiger partial charge in [0.25, 0.3) is 0 Å². The van der Waals surface area contributed by atoms with Crippen LogP contribution in [-0.2, 0) is 4.79 Å². The summed E-state index contributed by atoms with van der Waals surface area (Å²) >= 11 is 0.